The van der Waals surface area contributed by atoms with Gasteiger partial charge in [-0.05, 0) is 52.9 Å². The Kier molecular flexibility index (Phi) is 4.79. The van der Waals surface area contributed by atoms with Gasteiger partial charge in [0.05, 0.1) is 12.2 Å². The van der Waals surface area contributed by atoms with Crippen LogP contribution in [0.2, 0.25) is 0 Å². The van der Waals surface area contributed by atoms with Gasteiger partial charge in [-0.15, -0.1) is 11.3 Å². The fraction of sp³-hybridized carbons (Fsp3) is 0.0625. The van der Waals surface area contributed by atoms with Crippen molar-refractivity contribution in [1.82, 2.24) is 15.3 Å². The molecule has 2 heterocycles. The van der Waals surface area contributed by atoms with Crippen LogP contribution in [0.1, 0.15) is 15.4 Å². The number of rotatable bonds is 4. The van der Waals surface area contributed by atoms with Gasteiger partial charge in [-0.1, -0.05) is 6.07 Å². The fourth-order valence-electron chi connectivity index (χ4n) is 1.94. The average Bonchev–Trinajstić information content (AvgIpc) is 3.02. The van der Waals surface area contributed by atoms with E-state index in [-0.39, 0.29) is 5.91 Å². The van der Waals surface area contributed by atoms with E-state index < -0.39 is 0 Å². The summed E-state index contributed by atoms with van der Waals surface area (Å²) in [6, 6.07) is 11.3. The molecular weight excluding hydrogens is 409 g/mol. The summed E-state index contributed by atoms with van der Waals surface area (Å²) in [4.78, 5) is 20.6. The lowest BCUT2D eigenvalue weighted by molar-refractivity contribution is 0.0951. The molecule has 3 rings (SSSR count). The molecule has 110 valence electrons. The topological polar surface area (TPSA) is 54.9 Å². The number of hydrogen-bond donors (Lipinski definition) is 1. The Morgan fingerprint density at radius 3 is 2.82 bits per heavy atom. The quantitative estimate of drug-likeness (QED) is 0.654. The molecule has 0 fully saturated rings. The predicted octanol–water partition coefficient (Wildman–Crippen LogP) is 3.74. The van der Waals surface area contributed by atoms with Crippen molar-refractivity contribution in [3.8, 4) is 11.3 Å². The fourth-order valence-corrected chi connectivity index (χ4v) is 3.22. The Morgan fingerprint density at radius 1 is 1.23 bits per heavy atom. The van der Waals surface area contributed by atoms with Crippen molar-refractivity contribution in [2.45, 2.75) is 6.54 Å². The molecule has 0 saturated heterocycles. The lowest BCUT2D eigenvalue weighted by atomic mass is 10.2. The molecule has 0 bridgehead atoms. The number of halogens is 1. The number of nitrogens with one attached hydrogen (secondary N) is 1. The van der Waals surface area contributed by atoms with E-state index in [1.165, 1.54) is 11.3 Å². The van der Waals surface area contributed by atoms with Crippen molar-refractivity contribution in [3.63, 3.8) is 0 Å². The molecule has 0 spiro atoms. The van der Waals surface area contributed by atoms with Crippen LogP contribution in [0.4, 0.5) is 0 Å². The van der Waals surface area contributed by atoms with Crippen LogP contribution in [-0.4, -0.2) is 15.9 Å². The van der Waals surface area contributed by atoms with Crippen molar-refractivity contribution >= 4 is 39.8 Å². The number of pyridine rings is 1. The summed E-state index contributed by atoms with van der Waals surface area (Å²) in [5, 5.41) is 5.77. The van der Waals surface area contributed by atoms with Crippen LogP contribution >= 0.6 is 33.9 Å². The maximum atomic E-state index is 12.1. The van der Waals surface area contributed by atoms with E-state index in [9.17, 15) is 4.79 Å². The van der Waals surface area contributed by atoms with Crippen molar-refractivity contribution in [1.29, 1.82) is 0 Å². The molecule has 0 saturated carbocycles. The minimum atomic E-state index is -0.0841. The third kappa shape index (κ3) is 3.69. The Bertz CT molecular complexity index is 789. The number of nitrogens with zero attached hydrogens (tertiary/aromatic N) is 2. The van der Waals surface area contributed by atoms with Gasteiger partial charge in [0.25, 0.3) is 5.91 Å². The highest BCUT2D eigenvalue weighted by atomic mass is 127. The number of hydrogen-bond acceptors (Lipinski definition) is 4. The van der Waals surface area contributed by atoms with Gasteiger partial charge in [-0.3, -0.25) is 9.78 Å². The molecule has 0 aliphatic rings. The molecule has 22 heavy (non-hydrogen) atoms. The second-order valence-electron chi connectivity index (χ2n) is 4.56. The van der Waals surface area contributed by atoms with Gasteiger partial charge in [0, 0.05) is 32.5 Å². The largest absolute Gasteiger partial charge is 0.346 e. The molecule has 0 atom stereocenters. The van der Waals surface area contributed by atoms with Gasteiger partial charge in [0.15, 0.2) is 0 Å². The van der Waals surface area contributed by atoms with Crippen molar-refractivity contribution in [3.05, 3.63) is 68.3 Å². The Balaban J connectivity index is 1.65. The minimum Gasteiger partial charge on any atom is -0.346 e. The lowest BCUT2D eigenvalue weighted by Gasteiger charge is -2.03. The van der Waals surface area contributed by atoms with Crippen LogP contribution in [0.25, 0.3) is 11.3 Å². The SMILES string of the molecule is O=C(NCc1nc(-c2ccncc2)cs1)c1cccc(I)c1. The number of carbonyl (C=O) groups excluding carboxylic acids is 1. The van der Waals surface area contributed by atoms with E-state index in [2.05, 4.69) is 37.9 Å². The van der Waals surface area contributed by atoms with Crippen LogP contribution in [0.15, 0.2) is 54.2 Å². The molecule has 1 N–H and O–H groups in total. The average molecular weight is 421 g/mol. The van der Waals surface area contributed by atoms with Gasteiger partial charge < -0.3 is 5.32 Å². The van der Waals surface area contributed by atoms with Crippen molar-refractivity contribution in [2.75, 3.05) is 0 Å². The molecule has 0 radical (unpaired) electrons. The van der Waals surface area contributed by atoms with Gasteiger partial charge >= 0.3 is 0 Å². The summed E-state index contributed by atoms with van der Waals surface area (Å²) in [6.07, 6.45) is 3.49. The molecular formula is C16H12IN3OS. The monoisotopic (exact) mass is 421 g/mol. The zero-order valence-corrected chi connectivity index (χ0v) is 14.5. The second-order valence-corrected chi connectivity index (χ2v) is 6.74. The van der Waals surface area contributed by atoms with Crippen LogP contribution in [0.5, 0.6) is 0 Å². The molecule has 0 aliphatic heterocycles. The summed E-state index contributed by atoms with van der Waals surface area (Å²) in [6.45, 7) is 0.431. The van der Waals surface area contributed by atoms with Crippen LogP contribution < -0.4 is 5.32 Å². The van der Waals surface area contributed by atoms with E-state index in [4.69, 9.17) is 0 Å². The van der Waals surface area contributed by atoms with Crippen LogP contribution in [0.3, 0.4) is 0 Å². The van der Waals surface area contributed by atoms with Crippen LogP contribution in [-0.2, 0) is 6.54 Å². The number of aromatic nitrogens is 2. The van der Waals surface area contributed by atoms with Crippen molar-refractivity contribution in [2.24, 2.45) is 0 Å². The smallest absolute Gasteiger partial charge is 0.251 e. The third-order valence-electron chi connectivity index (χ3n) is 3.01. The molecule has 1 amide bonds. The Hall–Kier alpha value is -1.80. The second kappa shape index (κ2) is 6.97. The van der Waals surface area contributed by atoms with Gasteiger partial charge in [-0.25, -0.2) is 4.98 Å². The summed E-state index contributed by atoms with van der Waals surface area (Å²) < 4.78 is 1.04. The van der Waals surface area contributed by atoms with E-state index in [1.54, 1.807) is 12.4 Å². The summed E-state index contributed by atoms with van der Waals surface area (Å²) in [5.74, 6) is -0.0841. The molecule has 4 nitrogen and oxygen atoms in total. The minimum absolute atomic E-state index is 0.0841. The molecule has 1 aromatic carbocycles. The highest BCUT2D eigenvalue weighted by Gasteiger charge is 2.08. The predicted molar refractivity (Wildman–Crippen MR) is 95.7 cm³/mol. The van der Waals surface area contributed by atoms with Gasteiger partial charge in [0.2, 0.25) is 0 Å². The van der Waals surface area contributed by atoms with Gasteiger partial charge in [-0.2, -0.15) is 0 Å². The first kappa shape index (κ1) is 15.1. The standard InChI is InChI=1S/C16H12IN3OS/c17-13-3-1-2-12(8-13)16(21)19-9-15-20-14(10-22-15)11-4-6-18-7-5-11/h1-8,10H,9H2,(H,19,21). The zero-order valence-electron chi connectivity index (χ0n) is 11.5. The van der Waals surface area contributed by atoms with E-state index in [0.29, 0.717) is 12.1 Å². The maximum Gasteiger partial charge on any atom is 0.251 e. The van der Waals surface area contributed by atoms with Crippen molar-refractivity contribution < 1.29 is 4.79 Å². The summed E-state index contributed by atoms with van der Waals surface area (Å²) in [5.41, 5.74) is 2.60. The first-order valence-corrected chi connectivity index (χ1v) is 8.57. The van der Waals surface area contributed by atoms with Gasteiger partial charge in [0.1, 0.15) is 5.01 Å². The molecule has 0 aliphatic carbocycles. The normalized spacial score (nSPS) is 10.4. The first-order chi connectivity index (χ1) is 10.7. The third-order valence-corrected chi connectivity index (χ3v) is 4.53. The molecule has 2 aromatic heterocycles. The van der Waals surface area contributed by atoms with Crippen LogP contribution in [0, 0.1) is 3.57 Å². The highest BCUT2D eigenvalue weighted by molar-refractivity contribution is 14.1. The molecule has 0 unspecified atom stereocenters. The summed E-state index contributed by atoms with van der Waals surface area (Å²) in [7, 11) is 0. The Labute approximate surface area is 145 Å². The van der Waals surface area contributed by atoms with E-state index >= 15 is 0 Å². The molecule has 3 aromatic rings. The number of benzene rings is 1. The maximum absolute atomic E-state index is 12.1. The zero-order chi connectivity index (χ0) is 15.4. The number of amides is 1. The summed E-state index contributed by atoms with van der Waals surface area (Å²) >= 11 is 3.73. The first-order valence-electron chi connectivity index (χ1n) is 6.61. The van der Waals surface area contributed by atoms with E-state index in [1.807, 2.05) is 41.8 Å². The molecule has 6 heteroatoms. The lowest BCUT2D eigenvalue weighted by Crippen LogP contribution is -2.22. The number of thiazole rings is 1. The Morgan fingerprint density at radius 2 is 2.05 bits per heavy atom. The van der Waals surface area contributed by atoms with E-state index in [0.717, 1.165) is 19.8 Å². The highest BCUT2D eigenvalue weighted by Crippen LogP contribution is 2.21. The number of carbonyl (C=O) groups is 1.